The fourth-order valence-electron chi connectivity index (χ4n) is 4.97. The molecule has 2 aliphatic heterocycles. The highest BCUT2D eigenvalue weighted by atomic mass is 19.1. The van der Waals surface area contributed by atoms with Crippen molar-refractivity contribution >= 4 is 6.09 Å². The second kappa shape index (κ2) is 7.79. The molecule has 0 saturated carbocycles. The maximum atomic E-state index is 14.1. The number of carbonyl (C=O) groups is 1. The van der Waals surface area contributed by atoms with Gasteiger partial charge in [0.1, 0.15) is 12.4 Å². The largest absolute Gasteiger partial charge is 0.445 e. The molecule has 2 saturated heterocycles. The Bertz CT molecular complexity index is 861. The summed E-state index contributed by atoms with van der Waals surface area (Å²) in [6.07, 6.45) is 3.33. The third kappa shape index (κ3) is 3.88. The lowest BCUT2D eigenvalue weighted by Gasteiger charge is -2.51. The Hall–Kier alpha value is -2.40. The van der Waals surface area contributed by atoms with E-state index in [2.05, 4.69) is 0 Å². The van der Waals surface area contributed by atoms with E-state index < -0.39 is 5.60 Å². The smallest absolute Gasteiger partial charge is 0.410 e. The molecule has 4 rings (SSSR count). The van der Waals surface area contributed by atoms with Gasteiger partial charge in [0.15, 0.2) is 0 Å². The van der Waals surface area contributed by atoms with E-state index in [0.717, 1.165) is 30.4 Å². The molecule has 0 spiro atoms. The van der Waals surface area contributed by atoms with E-state index in [4.69, 9.17) is 4.74 Å². The molecule has 2 aromatic carbocycles. The second-order valence-electron chi connectivity index (χ2n) is 8.55. The molecule has 0 radical (unpaired) electrons. The number of ether oxygens (including phenoxy) is 1. The monoisotopic (exact) mass is 397 g/mol. The van der Waals surface area contributed by atoms with Crippen LogP contribution in [0.15, 0.2) is 42.5 Å². The Morgan fingerprint density at radius 2 is 1.72 bits per heavy atom. The van der Waals surface area contributed by atoms with E-state index >= 15 is 0 Å². The molecule has 5 heteroatoms. The van der Waals surface area contributed by atoms with E-state index in [0.29, 0.717) is 24.0 Å². The van der Waals surface area contributed by atoms with Crippen molar-refractivity contribution in [1.82, 2.24) is 4.90 Å². The third-order valence-electron chi connectivity index (χ3n) is 6.40. The number of hydrogen-bond donors (Lipinski definition) is 1. The summed E-state index contributed by atoms with van der Waals surface area (Å²) in [5.41, 5.74) is 1.75. The van der Waals surface area contributed by atoms with Gasteiger partial charge in [0, 0.05) is 24.9 Å². The van der Waals surface area contributed by atoms with Gasteiger partial charge in [-0.1, -0.05) is 42.5 Å². The van der Waals surface area contributed by atoms with Crippen LogP contribution < -0.4 is 0 Å². The van der Waals surface area contributed by atoms with Crippen molar-refractivity contribution in [3.63, 3.8) is 0 Å². The lowest BCUT2D eigenvalue weighted by molar-refractivity contribution is -0.0897. The van der Waals surface area contributed by atoms with Gasteiger partial charge in [-0.15, -0.1) is 0 Å². The fraction of sp³-hybridized carbons (Fsp3) is 0.458. The molecule has 0 aromatic heterocycles. The van der Waals surface area contributed by atoms with Crippen LogP contribution in [0.5, 0.6) is 0 Å². The normalized spacial score (nSPS) is 26.3. The third-order valence-corrected chi connectivity index (χ3v) is 6.40. The summed E-state index contributed by atoms with van der Waals surface area (Å²) >= 11 is 0. The summed E-state index contributed by atoms with van der Waals surface area (Å²) in [7, 11) is 0. The van der Waals surface area contributed by atoms with Crippen LogP contribution in [0.25, 0.3) is 0 Å². The first-order valence-electron chi connectivity index (χ1n) is 10.4. The Balaban J connectivity index is 1.52. The molecule has 0 aliphatic carbocycles. The van der Waals surface area contributed by atoms with Crippen molar-refractivity contribution < 1.29 is 19.0 Å². The van der Waals surface area contributed by atoms with E-state index in [1.807, 2.05) is 35.2 Å². The van der Waals surface area contributed by atoms with Gasteiger partial charge in [0.2, 0.25) is 0 Å². The standard InChI is InChI=1S/C24H28FNO3/c1-16-11-19(12-17(2)22(16)25)24(28)13-20-9-6-10-21(14-24)26(20)23(27)29-15-18-7-4-3-5-8-18/h3-5,7-8,11-12,20-21,28H,6,9-10,13-15H2,1-2H3. The van der Waals surface area contributed by atoms with E-state index in [-0.39, 0.29) is 30.6 Å². The highest BCUT2D eigenvalue weighted by molar-refractivity contribution is 5.69. The summed E-state index contributed by atoms with van der Waals surface area (Å²) in [6.45, 7) is 3.70. The SMILES string of the molecule is Cc1cc(C2(O)CC3CCCC(C2)N3C(=O)OCc2ccccc2)cc(C)c1F. The molecular weight excluding hydrogens is 369 g/mol. The summed E-state index contributed by atoms with van der Waals surface area (Å²) in [6, 6.07) is 13.0. The van der Waals surface area contributed by atoms with Gasteiger partial charge < -0.3 is 14.7 Å². The minimum Gasteiger partial charge on any atom is -0.445 e. The van der Waals surface area contributed by atoms with E-state index in [1.54, 1.807) is 26.0 Å². The second-order valence-corrected chi connectivity index (χ2v) is 8.55. The molecule has 2 heterocycles. The van der Waals surface area contributed by atoms with Crippen LogP contribution in [0.4, 0.5) is 9.18 Å². The van der Waals surface area contributed by atoms with Gasteiger partial charge in [-0.05, 0) is 55.4 Å². The van der Waals surface area contributed by atoms with Crippen LogP contribution in [0.3, 0.4) is 0 Å². The number of benzene rings is 2. The molecule has 1 N–H and O–H groups in total. The van der Waals surface area contributed by atoms with Gasteiger partial charge in [-0.3, -0.25) is 0 Å². The number of piperidine rings is 2. The van der Waals surface area contributed by atoms with Crippen LogP contribution in [-0.2, 0) is 16.9 Å². The van der Waals surface area contributed by atoms with Crippen molar-refractivity contribution in [2.24, 2.45) is 0 Å². The van der Waals surface area contributed by atoms with Crippen molar-refractivity contribution in [3.05, 3.63) is 70.5 Å². The predicted octanol–water partition coefficient (Wildman–Crippen LogP) is 4.98. The average molecular weight is 397 g/mol. The highest BCUT2D eigenvalue weighted by Crippen LogP contribution is 2.45. The molecule has 4 nitrogen and oxygen atoms in total. The summed E-state index contributed by atoms with van der Waals surface area (Å²) in [4.78, 5) is 14.7. The lowest BCUT2D eigenvalue weighted by atomic mass is 9.72. The first-order valence-corrected chi connectivity index (χ1v) is 10.4. The number of rotatable bonds is 3. The van der Waals surface area contributed by atoms with Crippen molar-refractivity contribution in [2.75, 3.05) is 0 Å². The molecule has 154 valence electrons. The summed E-state index contributed by atoms with van der Waals surface area (Å²) in [5.74, 6) is -0.223. The van der Waals surface area contributed by atoms with Gasteiger partial charge in [-0.25, -0.2) is 9.18 Å². The molecular formula is C24H28FNO3. The number of hydrogen-bond acceptors (Lipinski definition) is 3. The molecule has 2 aromatic rings. The zero-order chi connectivity index (χ0) is 20.6. The number of halogens is 1. The van der Waals surface area contributed by atoms with Crippen molar-refractivity contribution in [3.8, 4) is 0 Å². The number of aryl methyl sites for hydroxylation is 2. The highest BCUT2D eigenvalue weighted by Gasteiger charge is 2.48. The zero-order valence-electron chi connectivity index (χ0n) is 17.0. The molecule has 2 unspecified atom stereocenters. The van der Waals surface area contributed by atoms with Crippen LogP contribution >= 0.6 is 0 Å². The van der Waals surface area contributed by atoms with E-state index in [1.165, 1.54) is 0 Å². The first-order chi connectivity index (χ1) is 13.9. The van der Waals surface area contributed by atoms with Crippen LogP contribution in [0, 0.1) is 19.7 Å². The number of nitrogens with zero attached hydrogens (tertiary/aromatic N) is 1. The maximum Gasteiger partial charge on any atom is 0.410 e. The van der Waals surface area contributed by atoms with Gasteiger partial charge >= 0.3 is 6.09 Å². The van der Waals surface area contributed by atoms with Crippen LogP contribution in [0.2, 0.25) is 0 Å². The minimum absolute atomic E-state index is 0.0681. The summed E-state index contributed by atoms with van der Waals surface area (Å²) in [5, 5.41) is 11.5. The van der Waals surface area contributed by atoms with Crippen LogP contribution in [-0.4, -0.2) is 28.2 Å². The summed E-state index contributed by atoms with van der Waals surface area (Å²) < 4.78 is 19.7. The molecule has 2 bridgehead atoms. The number of fused-ring (bicyclic) bond motifs is 2. The Morgan fingerprint density at radius 1 is 1.14 bits per heavy atom. The molecule has 2 atom stereocenters. The first kappa shape index (κ1) is 19.9. The zero-order valence-corrected chi connectivity index (χ0v) is 17.0. The van der Waals surface area contributed by atoms with Gasteiger partial charge in [0.25, 0.3) is 0 Å². The maximum absolute atomic E-state index is 14.1. The van der Waals surface area contributed by atoms with Crippen molar-refractivity contribution in [1.29, 1.82) is 0 Å². The molecule has 29 heavy (non-hydrogen) atoms. The number of amides is 1. The Morgan fingerprint density at radius 3 is 2.31 bits per heavy atom. The Labute approximate surface area is 171 Å². The molecule has 2 fully saturated rings. The fourth-order valence-corrected chi connectivity index (χ4v) is 4.97. The van der Waals surface area contributed by atoms with E-state index in [9.17, 15) is 14.3 Å². The predicted molar refractivity (Wildman–Crippen MR) is 109 cm³/mol. The minimum atomic E-state index is -1.05. The molecule has 2 aliphatic rings. The van der Waals surface area contributed by atoms with Gasteiger partial charge in [0.05, 0.1) is 5.60 Å². The number of carbonyl (C=O) groups excluding carboxylic acids is 1. The Kier molecular flexibility index (Phi) is 5.34. The van der Waals surface area contributed by atoms with Crippen LogP contribution in [0.1, 0.15) is 54.4 Å². The van der Waals surface area contributed by atoms with Gasteiger partial charge in [-0.2, -0.15) is 0 Å². The quantitative estimate of drug-likeness (QED) is 0.794. The molecule has 1 amide bonds. The number of aliphatic hydroxyl groups is 1. The lowest BCUT2D eigenvalue weighted by Crippen LogP contribution is -2.58. The van der Waals surface area contributed by atoms with Crippen molar-refractivity contribution in [2.45, 2.75) is 70.2 Å². The topological polar surface area (TPSA) is 49.8 Å². The average Bonchev–Trinajstić information content (AvgIpc) is 2.70.